The van der Waals surface area contributed by atoms with Crippen molar-refractivity contribution >= 4 is 35.8 Å². The van der Waals surface area contributed by atoms with E-state index in [1.807, 2.05) is 0 Å². The minimum Gasteiger partial charge on any atom is -0.463 e. The second-order valence-corrected chi connectivity index (χ2v) is 11.8. The average Bonchev–Trinajstić information content (AvgIpc) is 3.15. The van der Waals surface area contributed by atoms with Crippen molar-refractivity contribution in [3.63, 3.8) is 0 Å². The topological polar surface area (TPSA) is 158 Å². The first-order valence-corrected chi connectivity index (χ1v) is 17.3. The fraction of sp³-hybridized carbons (Fsp3) is 0.317. The molecule has 0 unspecified atom stereocenters. The predicted octanol–water partition coefficient (Wildman–Crippen LogP) is 7.60. The zero-order valence-electron chi connectivity index (χ0n) is 29.8. The molecular formula is C41H44O12. The zero-order valence-corrected chi connectivity index (χ0v) is 29.8. The molecule has 0 heterocycles. The Balaban J connectivity index is 1.37. The van der Waals surface area contributed by atoms with Gasteiger partial charge in [-0.05, 0) is 105 Å². The van der Waals surface area contributed by atoms with Gasteiger partial charge in [-0.1, -0.05) is 38.8 Å². The number of carbonyl (C=O) groups is 6. The van der Waals surface area contributed by atoms with E-state index in [9.17, 15) is 28.8 Å². The number of hydrogen-bond donors (Lipinski definition) is 0. The van der Waals surface area contributed by atoms with Crippen molar-refractivity contribution in [2.45, 2.75) is 71.1 Å². The third kappa shape index (κ3) is 15.8. The van der Waals surface area contributed by atoms with Gasteiger partial charge in [0.05, 0.1) is 24.3 Å². The lowest BCUT2D eigenvalue weighted by atomic mass is 10.1. The van der Waals surface area contributed by atoms with Gasteiger partial charge < -0.3 is 28.4 Å². The molecule has 0 amide bonds. The van der Waals surface area contributed by atoms with Crippen LogP contribution < -0.4 is 18.9 Å². The van der Waals surface area contributed by atoms with Crippen molar-refractivity contribution < 1.29 is 57.2 Å². The van der Waals surface area contributed by atoms with E-state index in [1.165, 1.54) is 60.7 Å². The van der Waals surface area contributed by atoms with E-state index in [2.05, 4.69) is 13.2 Å². The number of ether oxygens (including phenoxy) is 6. The summed E-state index contributed by atoms with van der Waals surface area (Å²) in [6.45, 7) is 9.00. The second-order valence-electron chi connectivity index (χ2n) is 11.8. The molecule has 0 N–H and O–H groups in total. The number of rotatable bonds is 22. The third-order valence-corrected chi connectivity index (χ3v) is 7.58. The van der Waals surface area contributed by atoms with E-state index < -0.39 is 35.8 Å². The number of aryl methyl sites for hydroxylation is 1. The van der Waals surface area contributed by atoms with Crippen LogP contribution in [0.1, 0.15) is 90.5 Å². The van der Waals surface area contributed by atoms with E-state index in [0.29, 0.717) is 56.0 Å². The summed E-state index contributed by atoms with van der Waals surface area (Å²) in [4.78, 5) is 71.9. The Morgan fingerprint density at radius 1 is 0.509 bits per heavy atom. The van der Waals surface area contributed by atoms with Crippen molar-refractivity contribution in [3.05, 3.63) is 109 Å². The molecule has 3 rings (SSSR count). The van der Waals surface area contributed by atoms with Crippen LogP contribution in [-0.4, -0.2) is 49.0 Å². The smallest absolute Gasteiger partial charge is 0.343 e. The van der Waals surface area contributed by atoms with Crippen LogP contribution in [0.2, 0.25) is 0 Å². The van der Waals surface area contributed by atoms with Crippen LogP contribution in [0.4, 0.5) is 0 Å². The summed E-state index contributed by atoms with van der Waals surface area (Å²) in [6, 6.07) is 16.6. The zero-order chi connectivity index (χ0) is 38.4. The van der Waals surface area contributed by atoms with E-state index in [1.54, 1.807) is 13.0 Å². The molecule has 12 nitrogen and oxygen atoms in total. The third-order valence-electron chi connectivity index (χ3n) is 7.58. The van der Waals surface area contributed by atoms with Crippen LogP contribution in [0, 0.1) is 6.92 Å². The lowest BCUT2D eigenvalue weighted by Gasteiger charge is -2.11. The molecule has 0 aromatic heterocycles. The molecule has 0 saturated heterocycles. The highest BCUT2D eigenvalue weighted by Crippen LogP contribution is 2.26. The highest BCUT2D eigenvalue weighted by molar-refractivity contribution is 5.92. The molecular weight excluding hydrogens is 684 g/mol. The summed E-state index contributed by atoms with van der Waals surface area (Å²) < 4.78 is 31.5. The summed E-state index contributed by atoms with van der Waals surface area (Å²) in [5.74, 6) is -1.85. The Hall–Kier alpha value is -6.04. The fourth-order valence-electron chi connectivity index (χ4n) is 4.72. The fourth-order valence-corrected chi connectivity index (χ4v) is 4.72. The number of unbranched alkanes of at least 4 members (excludes halogenated alkanes) is 6. The van der Waals surface area contributed by atoms with Crippen LogP contribution in [0.3, 0.4) is 0 Å². The van der Waals surface area contributed by atoms with Crippen molar-refractivity contribution in [3.8, 4) is 23.0 Å². The monoisotopic (exact) mass is 728 g/mol. The molecule has 0 bridgehead atoms. The highest BCUT2D eigenvalue weighted by Gasteiger charge is 2.15. The van der Waals surface area contributed by atoms with Crippen molar-refractivity contribution in [1.29, 1.82) is 0 Å². The standard InChI is InChI=1S/C41H44O12/c1-4-36(42)48-26-12-8-6-10-14-38(44)50-32-20-16-30(17-21-32)40(46)52-34-24-25-35(29(3)28-34)53-41(47)31-18-22-33(23-19-31)51-39(45)15-11-7-9-13-27-49-37(43)5-2/h4-5,16-25,28H,1-2,6-15,26-27H2,3H3. The normalized spacial score (nSPS) is 10.4. The van der Waals surface area contributed by atoms with E-state index in [0.717, 1.165) is 37.8 Å². The maximum Gasteiger partial charge on any atom is 0.343 e. The lowest BCUT2D eigenvalue weighted by Crippen LogP contribution is -2.11. The first-order valence-electron chi connectivity index (χ1n) is 17.3. The first kappa shape index (κ1) is 41.4. The SMILES string of the molecule is C=CC(=O)OCCCCCCC(=O)Oc1ccc(C(=O)Oc2ccc(OC(=O)c3ccc(OC(=O)CCCCCCOC(=O)C=C)cc3)c(C)c2)cc1. The maximum absolute atomic E-state index is 12.8. The molecule has 0 atom stereocenters. The van der Waals surface area contributed by atoms with Crippen molar-refractivity contribution in [1.82, 2.24) is 0 Å². The van der Waals surface area contributed by atoms with Gasteiger partial charge in [-0.2, -0.15) is 0 Å². The Bertz CT molecular complexity index is 1720. The van der Waals surface area contributed by atoms with E-state index >= 15 is 0 Å². The summed E-state index contributed by atoms with van der Waals surface area (Å²) in [6.07, 6.45) is 8.54. The molecule has 0 radical (unpaired) electrons. The molecule has 53 heavy (non-hydrogen) atoms. The summed E-state index contributed by atoms with van der Waals surface area (Å²) in [7, 11) is 0. The lowest BCUT2D eigenvalue weighted by molar-refractivity contribution is -0.138. The summed E-state index contributed by atoms with van der Waals surface area (Å²) >= 11 is 0. The highest BCUT2D eigenvalue weighted by atomic mass is 16.6. The molecule has 12 heteroatoms. The van der Waals surface area contributed by atoms with Crippen LogP contribution in [0.15, 0.2) is 92.0 Å². The molecule has 0 fully saturated rings. The van der Waals surface area contributed by atoms with Gasteiger partial charge in [0.25, 0.3) is 0 Å². The van der Waals surface area contributed by atoms with Crippen molar-refractivity contribution in [2.24, 2.45) is 0 Å². The first-order chi connectivity index (χ1) is 25.6. The van der Waals surface area contributed by atoms with Crippen LogP contribution in [0.5, 0.6) is 23.0 Å². The van der Waals surface area contributed by atoms with Gasteiger partial charge in [0, 0.05) is 25.0 Å². The molecule has 3 aromatic rings. The number of esters is 6. The number of benzene rings is 3. The molecule has 0 aliphatic rings. The van der Waals surface area contributed by atoms with Gasteiger partial charge in [0.2, 0.25) is 0 Å². The largest absolute Gasteiger partial charge is 0.463 e. The quantitative estimate of drug-likeness (QED) is 0.0432. The molecule has 3 aromatic carbocycles. The Morgan fingerprint density at radius 2 is 0.925 bits per heavy atom. The second kappa shape index (κ2) is 22.7. The predicted molar refractivity (Wildman–Crippen MR) is 194 cm³/mol. The van der Waals surface area contributed by atoms with Gasteiger partial charge in [-0.25, -0.2) is 19.2 Å². The van der Waals surface area contributed by atoms with Crippen LogP contribution >= 0.6 is 0 Å². The molecule has 0 saturated carbocycles. The maximum atomic E-state index is 12.8. The molecule has 0 spiro atoms. The van der Waals surface area contributed by atoms with Crippen molar-refractivity contribution in [2.75, 3.05) is 13.2 Å². The Morgan fingerprint density at radius 3 is 1.36 bits per heavy atom. The van der Waals surface area contributed by atoms with Gasteiger partial charge in [-0.3, -0.25) is 9.59 Å². The minimum atomic E-state index is -0.629. The molecule has 280 valence electrons. The van der Waals surface area contributed by atoms with Gasteiger partial charge >= 0.3 is 35.8 Å². The Kier molecular flexibility index (Phi) is 17.7. The molecule has 0 aliphatic carbocycles. The number of carbonyl (C=O) groups excluding carboxylic acids is 6. The van der Waals surface area contributed by atoms with Gasteiger partial charge in [0.1, 0.15) is 23.0 Å². The van der Waals surface area contributed by atoms with Crippen LogP contribution in [-0.2, 0) is 28.7 Å². The van der Waals surface area contributed by atoms with Gasteiger partial charge in [0.15, 0.2) is 0 Å². The average molecular weight is 729 g/mol. The Labute approximate surface area is 308 Å². The summed E-state index contributed by atoms with van der Waals surface area (Å²) in [5, 5.41) is 0. The van der Waals surface area contributed by atoms with E-state index in [4.69, 9.17) is 28.4 Å². The van der Waals surface area contributed by atoms with E-state index in [-0.39, 0.29) is 35.5 Å². The van der Waals surface area contributed by atoms with Crippen LogP contribution in [0.25, 0.3) is 0 Å². The number of hydrogen-bond acceptors (Lipinski definition) is 12. The minimum absolute atomic E-state index is 0.229. The molecule has 0 aliphatic heterocycles. The summed E-state index contributed by atoms with van der Waals surface area (Å²) in [5.41, 5.74) is 1.03. The van der Waals surface area contributed by atoms with Gasteiger partial charge in [-0.15, -0.1) is 0 Å².